The molecule has 1 aromatic carbocycles. The summed E-state index contributed by atoms with van der Waals surface area (Å²) in [4.78, 5) is 14.2. The lowest BCUT2D eigenvalue weighted by molar-refractivity contribution is -0.137. The van der Waals surface area contributed by atoms with E-state index in [0.717, 1.165) is 11.3 Å². The smallest absolute Gasteiger partial charge is 0.226 e. The van der Waals surface area contributed by atoms with Crippen LogP contribution in [0.3, 0.4) is 0 Å². The summed E-state index contributed by atoms with van der Waals surface area (Å²) in [6, 6.07) is 7.76. The van der Waals surface area contributed by atoms with Crippen LogP contribution in [-0.4, -0.2) is 48.2 Å². The normalized spacial score (nSPS) is 18.3. The van der Waals surface area contributed by atoms with Crippen molar-refractivity contribution in [3.05, 3.63) is 29.8 Å². The summed E-state index contributed by atoms with van der Waals surface area (Å²) in [5.74, 6) is 0.818. The molecule has 1 aromatic rings. The number of aryl methyl sites for hydroxylation is 1. The van der Waals surface area contributed by atoms with Crippen molar-refractivity contribution < 1.29 is 14.3 Å². The number of morpholine rings is 1. The number of rotatable bonds is 5. The summed E-state index contributed by atoms with van der Waals surface area (Å²) >= 11 is 4.91. The van der Waals surface area contributed by atoms with Gasteiger partial charge in [0.2, 0.25) is 5.91 Å². The van der Waals surface area contributed by atoms with Crippen molar-refractivity contribution in [1.82, 2.24) is 4.90 Å². The number of amides is 1. The van der Waals surface area contributed by atoms with E-state index < -0.39 is 0 Å². The number of hydrogen-bond donors (Lipinski definition) is 1. The molecule has 2 rings (SSSR count). The van der Waals surface area contributed by atoms with Crippen molar-refractivity contribution in [1.29, 1.82) is 0 Å². The number of nitrogens with zero attached hydrogens (tertiary/aromatic N) is 1. The second-order valence-electron chi connectivity index (χ2n) is 5.02. The van der Waals surface area contributed by atoms with Crippen molar-refractivity contribution in [2.24, 2.45) is 5.73 Å². The monoisotopic (exact) mass is 308 g/mol. The van der Waals surface area contributed by atoms with Gasteiger partial charge < -0.3 is 20.1 Å². The van der Waals surface area contributed by atoms with Gasteiger partial charge in [0.25, 0.3) is 0 Å². The van der Waals surface area contributed by atoms with Gasteiger partial charge in [0.1, 0.15) is 16.8 Å². The van der Waals surface area contributed by atoms with E-state index in [1.807, 2.05) is 31.2 Å². The van der Waals surface area contributed by atoms with Gasteiger partial charge in [-0.3, -0.25) is 4.79 Å². The summed E-state index contributed by atoms with van der Waals surface area (Å²) in [6.07, 6.45) is -0.00626. The summed E-state index contributed by atoms with van der Waals surface area (Å²) < 4.78 is 11.0. The summed E-state index contributed by atoms with van der Waals surface area (Å²) in [5, 5.41) is 0. The molecule has 5 nitrogen and oxygen atoms in total. The number of carbonyl (C=O) groups excluding carboxylic acids is 1. The summed E-state index contributed by atoms with van der Waals surface area (Å²) in [6.45, 7) is 3.83. The van der Waals surface area contributed by atoms with Crippen molar-refractivity contribution in [3.63, 3.8) is 0 Å². The molecule has 0 bridgehead atoms. The fourth-order valence-corrected chi connectivity index (χ4v) is 2.31. The van der Waals surface area contributed by atoms with E-state index in [9.17, 15) is 4.79 Å². The van der Waals surface area contributed by atoms with E-state index in [2.05, 4.69) is 0 Å². The molecule has 1 heterocycles. The topological polar surface area (TPSA) is 64.8 Å². The largest absolute Gasteiger partial charge is 0.493 e. The maximum Gasteiger partial charge on any atom is 0.226 e. The summed E-state index contributed by atoms with van der Waals surface area (Å²) in [5.41, 5.74) is 6.69. The van der Waals surface area contributed by atoms with Gasteiger partial charge in [-0.1, -0.05) is 24.4 Å². The fraction of sp³-hybridized carbons (Fsp3) is 0.467. The molecule has 0 saturated carbocycles. The van der Waals surface area contributed by atoms with E-state index in [0.29, 0.717) is 37.7 Å². The van der Waals surface area contributed by atoms with Crippen molar-refractivity contribution in [3.8, 4) is 5.75 Å². The first-order chi connectivity index (χ1) is 10.1. The molecule has 114 valence electrons. The number of benzene rings is 1. The molecular weight excluding hydrogens is 288 g/mol. The average Bonchev–Trinajstić information content (AvgIpc) is 2.47. The molecule has 0 radical (unpaired) electrons. The molecule has 1 amide bonds. The maximum absolute atomic E-state index is 12.1. The highest BCUT2D eigenvalue weighted by molar-refractivity contribution is 7.80. The molecular formula is C15H20N2O3S. The van der Waals surface area contributed by atoms with Crippen molar-refractivity contribution in [2.45, 2.75) is 19.4 Å². The van der Waals surface area contributed by atoms with E-state index >= 15 is 0 Å². The Hall–Kier alpha value is -1.66. The zero-order valence-electron chi connectivity index (χ0n) is 12.1. The van der Waals surface area contributed by atoms with Crippen molar-refractivity contribution in [2.75, 3.05) is 26.3 Å². The third-order valence-corrected chi connectivity index (χ3v) is 3.57. The molecule has 1 unspecified atom stereocenters. The van der Waals surface area contributed by atoms with Gasteiger partial charge in [0.15, 0.2) is 0 Å². The highest BCUT2D eigenvalue weighted by Crippen LogP contribution is 2.13. The lowest BCUT2D eigenvalue weighted by Gasteiger charge is -2.32. The van der Waals surface area contributed by atoms with Crippen LogP contribution in [0, 0.1) is 6.92 Å². The lowest BCUT2D eigenvalue weighted by atomic mass is 10.2. The molecule has 6 heteroatoms. The minimum absolute atomic E-state index is 0.0344. The van der Waals surface area contributed by atoms with E-state index in [1.165, 1.54) is 0 Å². The molecule has 0 spiro atoms. The van der Waals surface area contributed by atoms with Crippen LogP contribution >= 0.6 is 12.2 Å². The standard InChI is InChI=1S/C15H20N2O3S/c1-11-3-2-4-12(9-11)19-7-5-14(18)17-6-8-20-13(10-17)15(16)21/h2-4,9,13H,5-8,10H2,1H3,(H2,16,21). The number of ether oxygens (including phenoxy) is 2. The Bertz CT molecular complexity index is 521. The zero-order valence-corrected chi connectivity index (χ0v) is 12.9. The Morgan fingerprint density at radius 3 is 3.10 bits per heavy atom. The van der Waals surface area contributed by atoms with E-state index in [4.69, 9.17) is 27.4 Å². The number of thiocarbonyl (C=S) groups is 1. The minimum Gasteiger partial charge on any atom is -0.493 e. The van der Waals surface area contributed by atoms with Gasteiger partial charge >= 0.3 is 0 Å². The predicted molar refractivity (Wildman–Crippen MR) is 84.4 cm³/mol. The Kier molecular flexibility index (Phi) is 5.52. The van der Waals surface area contributed by atoms with Gasteiger partial charge in [-0.05, 0) is 24.6 Å². The first-order valence-electron chi connectivity index (χ1n) is 6.94. The van der Waals surface area contributed by atoms with Gasteiger partial charge in [0.05, 0.1) is 26.2 Å². The average molecular weight is 308 g/mol. The Balaban J connectivity index is 1.78. The van der Waals surface area contributed by atoms with Gasteiger partial charge in [0, 0.05) is 6.54 Å². The molecule has 21 heavy (non-hydrogen) atoms. The second kappa shape index (κ2) is 7.38. The number of carbonyl (C=O) groups is 1. The van der Waals surface area contributed by atoms with Crippen LogP contribution in [0.1, 0.15) is 12.0 Å². The second-order valence-corrected chi connectivity index (χ2v) is 5.49. The predicted octanol–water partition coefficient (Wildman–Crippen LogP) is 1.28. The first-order valence-corrected chi connectivity index (χ1v) is 7.35. The first kappa shape index (κ1) is 15.7. The number of hydrogen-bond acceptors (Lipinski definition) is 4. The highest BCUT2D eigenvalue weighted by Gasteiger charge is 2.25. The minimum atomic E-state index is -0.338. The Morgan fingerprint density at radius 2 is 2.38 bits per heavy atom. The van der Waals surface area contributed by atoms with E-state index in [1.54, 1.807) is 4.90 Å². The fourth-order valence-electron chi connectivity index (χ4n) is 2.17. The highest BCUT2D eigenvalue weighted by atomic mass is 32.1. The summed E-state index contributed by atoms with van der Waals surface area (Å²) in [7, 11) is 0. The third kappa shape index (κ3) is 4.68. The van der Waals surface area contributed by atoms with Crippen LogP contribution in [0.5, 0.6) is 5.75 Å². The molecule has 0 aromatic heterocycles. The molecule has 1 fully saturated rings. The van der Waals surface area contributed by atoms with Gasteiger partial charge in [-0.25, -0.2) is 0 Å². The molecule has 2 N–H and O–H groups in total. The van der Waals surface area contributed by atoms with Crippen LogP contribution in [-0.2, 0) is 9.53 Å². The van der Waals surface area contributed by atoms with E-state index in [-0.39, 0.29) is 12.0 Å². The van der Waals surface area contributed by atoms with Crippen molar-refractivity contribution >= 4 is 23.1 Å². The maximum atomic E-state index is 12.1. The van der Waals surface area contributed by atoms with Crippen LogP contribution in [0.2, 0.25) is 0 Å². The lowest BCUT2D eigenvalue weighted by Crippen LogP contribution is -2.50. The van der Waals surface area contributed by atoms with Crippen LogP contribution in [0.25, 0.3) is 0 Å². The number of nitrogens with two attached hydrogens (primary N) is 1. The zero-order chi connectivity index (χ0) is 15.2. The molecule has 1 atom stereocenters. The third-order valence-electron chi connectivity index (χ3n) is 3.31. The molecule has 1 aliphatic rings. The SMILES string of the molecule is Cc1cccc(OCCC(=O)N2CCOC(C(N)=S)C2)c1. The van der Waals surface area contributed by atoms with Gasteiger partial charge in [-0.15, -0.1) is 0 Å². The Morgan fingerprint density at radius 1 is 1.57 bits per heavy atom. The van der Waals surface area contributed by atoms with Crippen LogP contribution < -0.4 is 10.5 Å². The van der Waals surface area contributed by atoms with Gasteiger partial charge in [-0.2, -0.15) is 0 Å². The van der Waals surface area contributed by atoms with Crippen LogP contribution in [0.4, 0.5) is 0 Å². The Labute approximate surface area is 130 Å². The van der Waals surface area contributed by atoms with Crippen LogP contribution in [0.15, 0.2) is 24.3 Å². The molecule has 0 aliphatic carbocycles. The molecule has 1 saturated heterocycles. The quantitative estimate of drug-likeness (QED) is 0.830. The molecule has 1 aliphatic heterocycles.